The first-order valence-electron chi connectivity index (χ1n) is 11.5. The van der Waals surface area contributed by atoms with Gasteiger partial charge in [0.15, 0.2) is 0 Å². The molecule has 30 heavy (non-hydrogen) atoms. The van der Waals surface area contributed by atoms with Crippen molar-refractivity contribution < 1.29 is 36.6 Å². The third-order valence-electron chi connectivity index (χ3n) is 3.75. The van der Waals surface area contributed by atoms with Gasteiger partial charge in [-0.1, -0.05) is 66.7 Å². The van der Waals surface area contributed by atoms with Crippen molar-refractivity contribution in [1.82, 2.24) is 0 Å². The lowest BCUT2D eigenvalue weighted by molar-refractivity contribution is 0.110. The third-order valence-corrected chi connectivity index (χ3v) is 6.26. The van der Waals surface area contributed by atoms with E-state index in [1.807, 2.05) is 13.8 Å². The molecule has 184 valence electrons. The van der Waals surface area contributed by atoms with Crippen LogP contribution in [0.4, 0.5) is 0 Å². The van der Waals surface area contributed by atoms with Gasteiger partial charge < -0.3 is 4.89 Å². The quantitative estimate of drug-likeness (QED) is 0.145. The van der Waals surface area contributed by atoms with E-state index >= 15 is 0 Å². The Bertz CT molecular complexity index is 401. The summed E-state index contributed by atoms with van der Waals surface area (Å²) >= 11 is 0. The molecule has 1 N–H and O–H groups in total. The van der Waals surface area contributed by atoms with Crippen LogP contribution in [0.15, 0.2) is 0 Å². The normalized spacial score (nSPS) is 11.9. The topological polar surface area (TPSA) is 101 Å². The summed E-state index contributed by atoms with van der Waals surface area (Å²) in [7, 11) is -7.06. The first-order chi connectivity index (χ1) is 14.3. The minimum Gasteiger partial charge on any atom is -0.302 e. The van der Waals surface area contributed by atoms with Crippen molar-refractivity contribution >= 4 is 15.6 Å². The minimum absolute atomic E-state index is 0.288. The molecule has 0 heterocycles. The second-order valence-electron chi connectivity index (χ2n) is 6.85. The summed E-state index contributed by atoms with van der Waals surface area (Å²) in [5.74, 6) is 0. The largest absolute Gasteiger partial charge is 0.474 e. The maximum absolute atomic E-state index is 12.2. The fraction of sp³-hybridized carbons (Fsp3) is 1.00. The highest BCUT2D eigenvalue weighted by Gasteiger charge is 2.25. The zero-order valence-electron chi connectivity index (χ0n) is 19.8. The lowest BCUT2D eigenvalue weighted by atomic mass is 10.4. The lowest BCUT2D eigenvalue weighted by Gasteiger charge is -2.17. The van der Waals surface area contributed by atoms with Crippen LogP contribution in [0.1, 0.15) is 98.8 Å². The Kier molecular flexibility index (Phi) is 24.2. The fourth-order valence-corrected chi connectivity index (χ4v) is 3.84. The van der Waals surface area contributed by atoms with Crippen LogP contribution >= 0.6 is 15.6 Å². The van der Waals surface area contributed by atoms with Gasteiger partial charge in [0.2, 0.25) is 0 Å². The van der Waals surface area contributed by atoms with Gasteiger partial charge in [0.25, 0.3) is 0 Å². The highest BCUT2D eigenvalue weighted by atomic mass is 31.2. The summed E-state index contributed by atoms with van der Waals surface area (Å²) in [6.07, 6.45) is 9.07. The molecule has 0 unspecified atom stereocenters. The Hall–Kier alpha value is 0.220. The second kappa shape index (κ2) is 22.4. The van der Waals surface area contributed by atoms with Crippen LogP contribution in [-0.4, -0.2) is 37.9 Å². The molecule has 0 radical (unpaired) electrons. The monoisotopic (exact) mass is 476 g/mol. The van der Waals surface area contributed by atoms with Gasteiger partial charge in [-0.25, -0.2) is 9.13 Å². The van der Waals surface area contributed by atoms with Gasteiger partial charge in [0.1, 0.15) is 0 Å². The molecule has 0 aromatic carbocycles. The van der Waals surface area contributed by atoms with E-state index in [1.54, 1.807) is 0 Å². The fourth-order valence-electron chi connectivity index (χ4n) is 1.76. The summed E-state index contributed by atoms with van der Waals surface area (Å²) < 4.78 is 48.5. The van der Waals surface area contributed by atoms with E-state index in [1.165, 1.54) is 0 Å². The molecule has 0 saturated carbocycles. The molecular formula is C20H46O8P2. The average Bonchev–Trinajstić information content (AvgIpc) is 2.69. The van der Waals surface area contributed by atoms with Crippen LogP contribution in [0.2, 0.25) is 0 Å². The molecule has 0 saturated heterocycles. The molecule has 10 heteroatoms. The van der Waals surface area contributed by atoms with E-state index in [0.29, 0.717) is 19.8 Å². The number of hydrogen-bond donors (Lipinski definition) is 1. The predicted molar refractivity (Wildman–Crippen MR) is 122 cm³/mol. The van der Waals surface area contributed by atoms with Crippen LogP contribution < -0.4 is 0 Å². The molecule has 0 fully saturated rings. The molecule has 0 aliphatic heterocycles. The van der Waals surface area contributed by atoms with E-state index in [0.717, 1.165) is 64.2 Å². The van der Waals surface area contributed by atoms with Gasteiger partial charge in [-0.2, -0.15) is 0 Å². The molecule has 0 rings (SSSR count). The lowest BCUT2D eigenvalue weighted by Crippen LogP contribution is -2.03. The van der Waals surface area contributed by atoms with Crippen LogP contribution in [0.25, 0.3) is 0 Å². The summed E-state index contributed by atoms with van der Waals surface area (Å²) in [5.41, 5.74) is 0. The molecule has 8 nitrogen and oxygen atoms in total. The van der Waals surface area contributed by atoms with Gasteiger partial charge in [0.05, 0.1) is 33.0 Å². The van der Waals surface area contributed by atoms with Crippen molar-refractivity contribution in [3.05, 3.63) is 0 Å². The van der Waals surface area contributed by atoms with Crippen molar-refractivity contribution in [3.8, 4) is 0 Å². The summed E-state index contributed by atoms with van der Waals surface area (Å²) in [6.45, 7) is 12.0. The Labute approximate surface area is 184 Å². The number of unbranched alkanes of at least 4 members (excludes halogenated alkanes) is 5. The van der Waals surface area contributed by atoms with Crippen LogP contribution in [-0.2, 0) is 31.7 Å². The highest BCUT2D eigenvalue weighted by Crippen LogP contribution is 2.49. The molecule has 0 aromatic rings. The minimum atomic E-state index is -3.75. The Morgan fingerprint density at radius 3 is 0.967 bits per heavy atom. The molecule has 0 spiro atoms. The molecule has 0 aromatic heterocycles. The van der Waals surface area contributed by atoms with Gasteiger partial charge >= 0.3 is 15.6 Å². The maximum Gasteiger partial charge on any atom is 0.474 e. The Morgan fingerprint density at radius 1 is 0.500 bits per heavy atom. The summed E-state index contributed by atoms with van der Waals surface area (Å²) in [5, 5.41) is 0. The van der Waals surface area contributed by atoms with Crippen LogP contribution in [0.3, 0.4) is 0 Å². The first kappa shape index (κ1) is 32.4. The Morgan fingerprint density at radius 2 is 0.733 bits per heavy atom. The zero-order chi connectivity index (χ0) is 23.1. The van der Waals surface area contributed by atoms with Crippen molar-refractivity contribution in [2.75, 3.05) is 33.0 Å². The summed E-state index contributed by atoms with van der Waals surface area (Å²) in [6, 6.07) is 0. The molecule has 0 aliphatic carbocycles. The van der Waals surface area contributed by atoms with Crippen LogP contribution in [0, 0.1) is 0 Å². The predicted octanol–water partition coefficient (Wildman–Crippen LogP) is 7.26. The average molecular weight is 477 g/mol. The van der Waals surface area contributed by atoms with E-state index < -0.39 is 15.6 Å². The third kappa shape index (κ3) is 22.9. The maximum atomic E-state index is 12.2. The van der Waals surface area contributed by atoms with Crippen molar-refractivity contribution in [2.45, 2.75) is 98.8 Å². The smallest absolute Gasteiger partial charge is 0.302 e. The molecule has 0 atom stereocenters. The number of rotatable bonds is 20. The number of hydrogen-bond acceptors (Lipinski definition) is 7. The van der Waals surface area contributed by atoms with Gasteiger partial charge in [-0.05, 0) is 32.1 Å². The summed E-state index contributed by atoms with van der Waals surface area (Å²) in [4.78, 5) is 9.08. The molecule has 0 bridgehead atoms. The van der Waals surface area contributed by atoms with Crippen molar-refractivity contribution in [3.63, 3.8) is 0 Å². The molecule has 0 aliphatic rings. The first-order valence-corrected chi connectivity index (χ1v) is 14.4. The highest BCUT2D eigenvalue weighted by molar-refractivity contribution is 7.48. The van der Waals surface area contributed by atoms with Gasteiger partial charge in [-0.3, -0.25) is 22.6 Å². The van der Waals surface area contributed by atoms with E-state index in [2.05, 4.69) is 20.8 Å². The SMILES string of the molecule is CCCCOP(=O)(O)OCCCC.CCCCOP(=O)(OCCCC)OCCCC. The van der Waals surface area contributed by atoms with Crippen molar-refractivity contribution in [1.29, 1.82) is 0 Å². The van der Waals surface area contributed by atoms with E-state index in [4.69, 9.17) is 27.5 Å². The Balaban J connectivity index is 0. The standard InChI is InChI=1S/C12H27O4P.C8H19O4P/c1-4-7-10-14-17(13,15-11-8-5-2)16-12-9-6-3;1-3-5-7-11-13(9,10)12-8-6-4-2/h4-12H2,1-3H3;3-8H2,1-2H3,(H,9,10). The van der Waals surface area contributed by atoms with E-state index in [-0.39, 0.29) is 13.2 Å². The second-order valence-corrected chi connectivity index (χ2v) is 9.97. The molecule has 0 amide bonds. The van der Waals surface area contributed by atoms with Crippen molar-refractivity contribution in [2.24, 2.45) is 0 Å². The zero-order valence-corrected chi connectivity index (χ0v) is 21.6. The van der Waals surface area contributed by atoms with E-state index in [9.17, 15) is 9.13 Å². The molecular weight excluding hydrogens is 430 g/mol. The van der Waals surface area contributed by atoms with Crippen LogP contribution in [0.5, 0.6) is 0 Å². The van der Waals surface area contributed by atoms with Gasteiger partial charge in [0, 0.05) is 0 Å². The number of phosphoric ester groups is 2. The van der Waals surface area contributed by atoms with Gasteiger partial charge in [-0.15, -0.1) is 0 Å². The number of phosphoric acid groups is 2.